The van der Waals surface area contributed by atoms with E-state index in [2.05, 4.69) is 21.6 Å². The third-order valence-corrected chi connectivity index (χ3v) is 6.64. The number of aromatic nitrogens is 4. The molecule has 0 saturated heterocycles. The number of benzene rings is 2. The first-order valence-corrected chi connectivity index (χ1v) is 11.8. The standard InChI is InChI=1S/C27H25FN6O/c1-16(2)25-21(4-3-5-22(25)28)26-30-12-18-10-24(35)33(27(18)31-26)14-17-6-8-20(9-7-17)34-15-19-11-29-13-23(19)32-34/h3-9,12,15-16,29H,10-11,13-14H2,1-2H3. The summed E-state index contributed by atoms with van der Waals surface area (Å²) in [5.74, 6) is 0.719. The maximum Gasteiger partial charge on any atom is 0.233 e. The van der Waals surface area contributed by atoms with Gasteiger partial charge in [0.05, 0.1) is 24.3 Å². The third kappa shape index (κ3) is 3.80. The smallest absolute Gasteiger partial charge is 0.233 e. The van der Waals surface area contributed by atoms with E-state index < -0.39 is 0 Å². The highest BCUT2D eigenvalue weighted by Gasteiger charge is 2.30. The zero-order chi connectivity index (χ0) is 24.1. The van der Waals surface area contributed by atoms with E-state index >= 15 is 0 Å². The van der Waals surface area contributed by atoms with Gasteiger partial charge in [0.1, 0.15) is 11.6 Å². The van der Waals surface area contributed by atoms with Crippen LogP contribution >= 0.6 is 0 Å². The minimum Gasteiger partial charge on any atom is -0.307 e. The highest BCUT2D eigenvalue weighted by molar-refractivity contribution is 6.00. The van der Waals surface area contributed by atoms with E-state index in [1.165, 1.54) is 11.6 Å². The van der Waals surface area contributed by atoms with E-state index in [1.807, 2.05) is 48.9 Å². The maximum absolute atomic E-state index is 14.6. The van der Waals surface area contributed by atoms with Crippen molar-refractivity contribution in [3.05, 3.63) is 88.6 Å². The summed E-state index contributed by atoms with van der Waals surface area (Å²) in [6, 6.07) is 13.0. The summed E-state index contributed by atoms with van der Waals surface area (Å²) in [7, 11) is 0. The van der Waals surface area contributed by atoms with Crippen molar-refractivity contribution in [1.82, 2.24) is 25.1 Å². The zero-order valence-electron chi connectivity index (χ0n) is 19.6. The number of nitrogens with zero attached hydrogens (tertiary/aromatic N) is 5. The average Bonchev–Trinajstić information content (AvgIpc) is 3.53. The number of halogens is 1. The Morgan fingerprint density at radius 3 is 2.69 bits per heavy atom. The number of hydrogen-bond acceptors (Lipinski definition) is 5. The fraction of sp³-hybridized carbons (Fsp3) is 0.259. The zero-order valence-corrected chi connectivity index (χ0v) is 19.6. The van der Waals surface area contributed by atoms with Gasteiger partial charge in [-0.3, -0.25) is 9.69 Å². The second kappa shape index (κ2) is 8.39. The van der Waals surface area contributed by atoms with Crippen LogP contribution in [0.2, 0.25) is 0 Å². The normalized spacial score (nSPS) is 14.6. The Labute approximate surface area is 202 Å². The molecule has 1 amide bonds. The molecule has 35 heavy (non-hydrogen) atoms. The van der Waals surface area contributed by atoms with Crippen molar-refractivity contribution >= 4 is 11.7 Å². The first kappa shape index (κ1) is 21.6. The van der Waals surface area contributed by atoms with Gasteiger partial charge in [-0.05, 0) is 29.7 Å². The van der Waals surface area contributed by atoms with Gasteiger partial charge < -0.3 is 5.32 Å². The number of fused-ring (bicyclic) bond motifs is 2. The number of anilines is 1. The molecule has 0 spiro atoms. The van der Waals surface area contributed by atoms with Crippen molar-refractivity contribution in [3.63, 3.8) is 0 Å². The number of carbonyl (C=O) groups is 1. The van der Waals surface area contributed by atoms with Crippen LogP contribution in [0.1, 0.15) is 47.7 Å². The van der Waals surface area contributed by atoms with Gasteiger partial charge in [0.25, 0.3) is 0 Å². The summed E-state index contributed by atoms with van der Waals surface area (Å²) >= 11 is 0. The van der Waals surface area contributed by atoms with Gasteiger partial charge in [0, 0.05) is 47.7 Å². The van der Waals surface area contributed by atoms with E-state index in [-0.39, 0.29) is 24.1 Å². The SMILES string of the molecule is CC(C)c1c(F)cccc1-c1ncc2c(n1)N(Cc1ccc(-n3cc4c(n3)CNC4)cc1)C(=O)C2. The van der Waals surface area contributed by atoms with E-state index in [0.29, 0.717) is 29.3 Å². The van der Waals surface area contributed by atoms with Crippen molar-refractivity contribution in [1.29, 1.82) is 0 Å². The van der Waals surface area contributed by atoms with Crippen LogP contribution in [0.5, 0.6) is 0 Å². The van der Waals surface area contributed by atoms with Crippen molar-refractivity contribution in [2.75, 3.05) is 4.90 Å². The molecule has 0 atom stereocenters. The fourth-order valence-electron chi connectivity index (χ4n) is 4.87. The molecule has 1 N–H and O–H groups in total. The lowest BCUT2D eigenvalue weighted by molar-refractivity contribution is -0.117. The van der Waals surface area contributed by atoms with E-state index in [9.17, 15) is 9.18 Å². The number of hydrogen-bond donors (Lipinski definition) is 1. The van der Waals surface area contributed by atoms with Crippen LogP contribution in [0.3, 0.4) is 0 Å². The van der Waals surface area contributed by atoms with E-state index in [0.717, 1.165) is 35.6 Å². The molecule has 0 bridgehead atoms. The number of rotatable bonds is 5. The summed E-state index contributed by atoms with van der Waals surface area (Å²) in [5.41, 5.74) is 6.31. The monoisotopic (exact) mass is 468 g/mol. The molecule has 0 unspecified atom stereocenters. The molecule has 8 heteroatoms. The predicted octanol–water partition coefficient (Wildman–Crippen LogP) is 4.28. The molecule has 2 aliphatic rings. The first-order valence-electron chi connectivity index (χ1n) is 11.8. The van der Waals surface area contributed by atoms with Crippen molar-refractivity contribution in [3.8, 4) is 17.1 Å². The topological polar surface area (TPSA) is 75.9 Å². The number of amides is 1. The molecule has 4 aromatic rings. The Hall–Kier alpha value is -3.91. The Balaban J connectivity index is 1.28. The van der Waals surface area contributed by atoms with Gasteiger partial charge in [-0.1, -0.05) is 38.1 Å². The molecule has 2 aromatic heterocycles. The molecule has 0 radical (unpaired) electrons. The molecule has 176 valence electrons. The van der Waals surface area contributed by atoms with Crippen LogP contribution in [0.4, 0.5) is 10.2 Å². The van der Waals surface area contributed by atoms with E-state index in [4.69, 9.17) is 4.98 Å². The van der Waals surface area contributed by atoms with E-state index in [1.54, 1.807) is 17.2 Å². The number of carbonyl (C=O) groups excluding carboxylic acids is 1. The fourth-order valence-corrected chi connectivity index (χ4v) is 4.87. The van der Waals surface area contributed by atoms with Gasteiger partial charge in [-0.15, -0.1) is 0 Å². The average molecular weight is 469 g/mol. The molecule has 0 saturated carbocycles. The quantitative estimate of drug-likeness (QED) is 0.473. The first-order chi connectivity index (χ1) is 17.0. The second-order valence-corrected chi connectivity index (χ2v) is 9.37. The highest BCUT2D eigenvalue weighted by atomic mass is 19.1. The molecular formula is C27H25FN6O. The van der Waals surface area contributed by atoms with Crippen LogP contribution < -0.4 is 10.2 Å². The predicted molar refractivity (Wildman–Crippen MR) is 131 cm³/mol. The summed E-state index contributed by atoms with van der Waals surface area (Å²) in [6.07, 6.45) is 4.01. The van der Waals surface area contributed by atoms with Crippen LogP contribution in [0.25, 0.3) is 17.1 Å². The van der Waals surface area contributed by atoms with Gasteiger partial charge >= 0.3 is 0 Å². The molecule has 4 heterocycles. The molecule has 2 aliphatic heterocycles. The van der Waals surface area contributed by atoms with Crippen molar-refractivity contribution in [2.45, 2.75) is 45.8 Å². The second-order valence-electron chi connectivity index (χ2n) is 9.37. The van der Waals surface area contributed by atoms with Gasteiger partial charge in [-0.25, -0.2) is 19.0 Å². The summed E-state index contributed by atoms with van der Waals surface area (Å²) < 4.78 is 16.5. The summed E-state index contributed by atoms with van der Waals surface area (Å²) in [4.78, 5) is 23.8. The third-order valence-electron chi connectivity index (χ3n) is 6.64. The largest absolute Gasteiger partial charge is 0.307 e. The molecule has 6 rings (SSSR count). The molecule has 0 aliphatic carbocycles. The van der Waals surface area contributed by atoms with Crippen LogP contribution in [-0.4, -0.2) is 25.7 Å². The molecule has 7 nitrogen and oxygen atoms in total. The summed E-state index contributed by atoms with van der Waals surface area (Å²) in [6.45, 7) is 5.95. The van der Waals surface area contributed by atoms with Crippen LogP contribution in [0, 0.1) is 5.82 Å². The van der Waals surface area contributed by atoms with Crippen LogP contribution in [0.15, 0.2) is 54.9 Å². The lowest BCUT2D eigenvalue weighted by Gasteiger charge is -2.18. The molecular weight excluding hydrogens is 443 g/mol. The van der Waals surface area contributed by atoms with Gasteiger partial charge in [0.15, 0.2) is 5.82 Å². The van der Waals surface area contributed by atoms with Crippen LogP contribution in [-0.2, 0) is 30.8 Å². The minimum absolute atomic E-state index is 0.0187. The summed E-state index contributed by atoms with van der Waals surface area (Å²) in [5, 5.41) is 7.94. The van der Waals surface area contributed by atoms with Crippen molar-refractivity contribution < 1.29 is 9.18 Å². The maximum atomic E-state index is 14.6. The Kier molecular flexibility index (Phi) is 5.18. The Bertz CT molecular complexity index is 1420. The van der Waals surface area contributed by atoms with Crippen molar-refractivity contribution in [2.24, 2.45) is 0 Å². The van der Waals surface area contributed by atoms with Gasteiger partial charge in [0.2, 0.25) is 5.91 Å². The molecule has 0 fully saturated rings. The molecule has 2 aromatic carbocycles. The Morgan fingerprint density at radius 2 is 1.91 bits per heavy atom. The minimum atomic E-state index is -0.270. The van der Waals surface area contributed by atoms with Gasteiger partial charge in [-0.2, -0.15) is 5.10 Å². The lowest BCUT2D eigenvalue weighted by atomic mass is 9.96. The highest BCUT2D eigenvalue weighted by Crippen LogP contribution is 2.34. The Morgan fingerprint density at radius 1 is 1.09 bits per heavy atom. The number of nitrogens with one attached hydrogen (secondary N) is 1. The lowest BCUT2D eigenvalue weighted by Crippen LogP contribution is -2.26.